The molecule has 0 heterocycles. The summed E-state index contributed by atoms with van der Waals surface area (Å²) in [6, 6.07) is 16.0. The van der Waals surface area contributed by atoms with Crippen molar-refractivity contribution in [1.29, 1.82) is 0 Å². The second-order valence-corrected chi connectivity index (χ2v) is 9.80. The monoisotopic (exact) mass is 612 g/mol. The van der Waals surface area contributed by atoms with Crippen molar-refractivity contribution in [3.05, 3.63) is 78.4 Å². The molecule has 2 aromatic carbocycles. The highest BCUT2D eigenvalue weighted by molar-refractivity contribution is 7.92. The summed E-state index contributed by atoms with van der Waals surface area (Å²) in [7, 11) is -3.83. The van der Waals surface area contributed by atoms with Gasteiger partial charge in [-0.1, -0.05) is 48.5 Å². The summed E-state index contributed by atoms with van der Waals surface area (Å²) >= 11 is 14.7. The molecule has 0 aromatic heterocycles. The topological polar surface area (TPSA) is 85.3 Å². The van der Waals surface area contributed by atoms with Crippen molar-refractivity contribution in [2.75, 3.05) is 0 Å². The predicted octanol–water partition coefficient (Wildman–Crippen LogP) is 6.93. The lowest BCUT2D eigenvalue weighted by Crippen LogP contribution is -2.19. The fraction of sp³-hybridized carbons (Fsp3) is 0.227. The van der Waals surface area contributed by atoms with E-state index < -0.39 is 56.0 Å². The van der Waals surface area contributed by atoms with E-state index in [1.807, 2.05) is 0 Å². The molecule has 1 atom stereocenters. The van der Waals surface area contributed by atoms with Crippen molar-refractivity contribution in [3.8, 4) is 0 Å². The number of carbonyl (C=O) groups excluding carboxylic acids is 3. The van der Waals surface area contributed by atoms with Crippen molar-refractivity contribution >= 4 is 60.4 Å². The predicted molar refractivity (Wildman–Crippen MR) is 126 cm³/mol. The van der Waals surface area contributed by atoms with Crippen LogP contribution in [0.1, 0.15) is 23.7 Å². The first-order valence-corrected chi connectivity index (χ1v) is 12.3. The van der Waals surface area contributed by atoms with Gasteiger partial charge < -0.3 is 0 Å². The van der Waals surface area contributed by atoms with E-state index in [9.17, 15) is 49.1 Å². The van der Waals surface area contributed by atoms with E-state index >= 15 is 0 Å². The van der Waals surface area contributed by atoms with Crippen LogP contribution >= 0.6 is 34.8 Å². The van der Waals surface area contributed by atoms with Gasteiger partial charge in [-0.3, -0.25) is 14.4 Å². The second-order valence-electron chi connectivity index (χ2n) is 6.60. The number of halogens is 9. The summed E-state index contributed by atoms with van der Waals surface area (Å²) < 4.78 is 91.9. The average molecular weight is 614 g/mol. The second kappa shape index (κ2) is 15.8. The molecule has 2 rings (SSSR count). The first-order chi connectivity index (χ1) is 16.9. The Hall–Kier alpha value is -2.41. The smallest absolute Gasteiger partial charge is 0.281 e. The number of benzene rings is 2. The van der Waals surface area contributed by atoms with Crippen LogP contribution in [0.5, 0.6) is 0 Å². The molecule has 0 saturated carbocycles. The first-order valence-electron chi connectivity index (χ1n) is 9.60. The Kier molecular flexibility index (Phi) is 14.7. The van der Waals surface area contributed by atoms with Crippen molar-refractivity contribution in [1.82, 2.24) is 0 Å². The third kappa shape index (κ3) is 16.1. The van der Waals surface area contributed by atoms with Gasteiger partial charge in [0.05, 0.1) is 11.3 Å². The van der Waals surface area contributed by atoms with Gasteiger partial charge in [-0.05, 0) is 52.5 Å². The minimum absolute atomic E-state index is 0.0813. The van der Waals surface area contributed by atoms with Crippen LogP contribution in [-0.4, -0.2) is 36.5 Å². The van der Waals surface area contributed by atoms with E-state index in [0.29, 0.717) is 5.56 Å². The number of allylic oxidation sites excluding steroid dienone is 2. The number of sulfone groups is 1. The Bertz CT molecular complexity index is 1150. The number of hydrogen-bond donors (Lipinski definition) is 0. The summed E-state index contributed by atoms with van der Waals surface area (Å²) in [6.07, 6.45) is -10.5. The zero-order valence-electron chi connectivity index (χ0n) is 18.3. The molecule has 15 heteroatoms. The van der Waals surface area contributed by atoms with Crippen molar-refractivity contribution in [3.63, 3.8) is 0 Å². The maximum absolute atomic E-state index is 12.5. The number of rotatable bonds is 7. The van der Waals surface area contributed by atoms with Crippen molar-refractivity contribution in [2.24, 2.45) is 0 Å². The van der Waals surface area contributed by atoms with E-state index in [2.05, 4.69) is 23.2 Å². The third-order valence-corrected chi connectivity index (χ3v) is 6.40. The molecule has 0 aliphatic rings. The Morgan fingerprint density at radius 2 is 1.27 bits per heavy atom. The van der Waals surface area contributed by atoms with Gasteiger partial charge in [0.15, 0.2) is 15.1 Å². The van der Waals surface area contributed by atoms with Crippen LogP contribution in [0, 0.1) is 0 Å². The molecule has 5 nitrogen and oxygen atoms in total. The minimum Gasteiger partial charge on any atom is -0.281 e. The largest absolute Gasteiger partial charge is 0.409 e. The van der Waals surface area contributed by atoms with E-state index in [1.54, 1.807) is 48.5 Å². The normalized spacial score (nSPS) is 12.5. The van der Waals surface area contributed by atoms with Crippen LogP contribution in [0.4, 0.5) is 26.3 Å². The van der Waals surface area contributed by atoms with Gasteiger partial charge >= 0.3 is 12.4 Å². The molecule has 2 aromatic rings. The summed E-state index contributed by atoms with van der Waals surface area (Å²) in [5, 5.41) is -4.37. The lowest BCUT2D eigenvalue weighted by Gasteiger charge is -2.14. The van der Waals surface area contributed by atoms with Crippen LogP contribution in [0.3, 0.4) is 0 Å². The molecule has 37 heavy (non-hydrogen) atoms. The Morgan fingerprint density at radius 1 is 0.811 bits per heavy atom. The SMILES string of the molecule is O=C(Cl)/C=C/C(F)(F)F.O=C(Cl)C(c1ccccc1)S(=O)(=O)c1ccccc1.O=C(Cl)CCC(F)(F)F. The fourth-order valence-electron chi connectivity index (χ4n) is 2.21. The standard InChI is InChI=1S/C14H11ClO3S.C4H4ClF3O.C4H2ClF3O/c15-14(16)13(11-7-3-1-4-8-11)19(17,18)12-9-5-2-6-10-12;2*5-3(9)1-2-4(6,7)8/h1-10,13H;1-2H2;1-2H/b;;2-1+. The molecule has 0 aliphatic heterocycles. The van der Waals surface area contributed by atoms with Crippen LogP contribution in [0.2, 0.25) is 0 Å². The quantitative estimate of drug-likeness (QED) is 0.192. The molecular weight excluding hydrogens is 597 g/mol. The number of alkyl halides is 6. The number of hydrogen-bond acceptors (Lipinski definition) is 5. The third-order valence-electron chi connectivity index (χ3n) is 3.70. The zero-order valence-corrected chi connectivity index (χ0v) is 21.4. The van der Waals surface area contributed by atoms with Gasteiger partial charge in [-0.25, -0.2) is 8.42 Å². The highest BCUT2D eigenvalue weighted by Gasteiger charge is 2.34. The molecule has 0 saturated heterocycles. The molecule has 1 unspecified atom stereocenters. The molecule has 0 bridgehead atoms. The van der Waals surface area contributed by atoms with Crippen molar-refractivity contribution in [2.45, 2.75) is 35.3 Å². The van der Waals surface area contributed by atoms with Crippen LogP contribution in [0.15, 0.2) is 77.7 Å². The van der Waals surface area contributed by atoms with Gasteiger partial charge in [-0.2, -0.15) is 26.3 Å². The van der Waals surface area contributed by atoms with Gasteiger partial charge in [0.2, 0.25) is 15.7 Å². The highest BCUT2D eigenvalue weighted by Crippen LogP contribution is 2.30. The Labute approximate surface area is 222 Å². The van der Waals surface area contributed by atoms with E-state index in [1.165, 1.54) is 12.1 Å². The average Bonchev–Trinajstić information content (AvgIpc) is 2.77. The van der Waals surface area contributed by atoms with Gasteiger partial charge in [0.25, 0.3) is 0 Å². The van der Waals surface area contributed by atoms with E-state index in [-0.39, 0.29) is 17.0 Å². The number of carbonyl (C=O) groups is 3. The summed E-state index contributed by atoms with van der Waals surface area (Å²) in [5.41, 5.74) is 0.367. The van der Waals surface area contributed by atoms with Gasteiger partial charge in [-0.15, -0.1) is 0 Å². The Balaban J connectivity index is 0.000000606. The van der Waals surface area contributed by atoms with Crippen LogP contribution in [0.25, 0.3) is 0 Å². The zero-order chi connectivity index (χ0) is 28.9. The molecule has 0 radical (unpaired) electrons. The molecule has 204 valence electrons. The van der Waals surface area contributed by atoms with Crippen LogP contribution < -0.4 is 0 Å². The fourth-order valence-corrected chi connectivity index (χ4v) is 4.41. The van der Waals surface area contributed by atoms with Crippen LogP contribution in [-0.2, 0) is 24.2 Å². The molecular formula is C22H17Cl3F6O5S. The molecule has 0 spiro atoms. The van der Waals surface area contributed by atoms with Gasteiger partial charge in [0.1, 0.15) is 0 Å². The lowest BCUT2D eigenvalue weighted by molar-refractivity contribution is -0.140. The molecule has 0 N–H and O–H groups in total. The molecule has 0 fully saturated rings. The maximum Gasteiger partial charge on any atom is 0.409 e. The Morgan fingerprint density at radius 3 is 1.57 bits per heavy atom. The molecule has 0 amide bonds. The molecule has 0 aliphatic carbocycles. The van der Waals surface area contributed by atoms with E-state index in [4.69, 9.17) is 11.6 Å². The van der Waals surface area contributed by atoms with Crippen molar-refractivity contribution < 1.29 is 49.1 Å². The summed E-state index contributed by atoms with van der Waals surface area (Å²) in [4.78, 5) is 31.1. The minimum atomic E-state index is -4.45. The summed E-state index contributed by atoms with van der Waals surface area (Å²) in [6.45, 7) is 0. The highest BCUT2D eigenvalue weighted by atomic mass is 35.5. The van der Waals surface area contributed by atoms with E-state index in [0.717, 1.165) is 0 Å². The summed E-state index contributed by atoms with van der Waals surface area (Å²) in [5.74, 6) is 0. The lowest BCUT2D eigenvalue weighted by atomic mass is 10.2. The maximum atomic E-state index is 12.5. The first kappa shape index (κ1) is 34.6. The van der Waals surface area contributed by atoms with Gasteiger partial charge in [0, 0.05) is 18.6 Å².